The highest BCUT2D eigenvalue weighted by Crippen LogP contribution is 2.28. The fraction of sp³-hybridized carbons (Fsp3) is 0.0833. The van der Waals surface area contributed by atoms with Gasteiger partial charge in [0.2, 0.25) is 0 Å². The molecule has 0 fully saturated rings. The predicted octanol–water partition coefficient (Wildman–Crippen LogP) is 4.20. The Morgan fingerprint density at radius 1 is 1.20 bits per heavy atom. The molecular weight excluding hydrogens is 598 g/mol. The van der Waals surface area contributed by atoms with Crippen LogP contribution in [0.1, 0.15) is 5.56 Å². The van der Waals surface area contributed by atoms with E-state index in [1.165, 1.54) is 18.0 Å². The molecule has 2 N–H and O–H groups in total. The van der Waals surface area contributed by atoms with Gasteiger partial charge < -0.3 is 9.84 Å². The van der Waals surface area contributed by atoms with Crippen LogP contribution in [0.5, 0.6) is 11.5 Å². The molecule has 0 aliphatic rings. The van der Waals surface area contributed by atoms with Crippen LogP contribution in [0.2, 0.25) is 0 Å². The highest BCUT2D eigenvalue weighted by atomic mass is 79.9. The molecule has 4 aromatic rings. The van der Waals surface area contributed by atoms with Crippen molar-refractivity contribution in [2.45, 2.75) is 5.16 Å². The van der Waals surface area contributed by atoms with Crippen molar-refractivity contribution in [3.05, 3.63) is 81.2 Å². The van der Waals surface area contributed by atoms with Gasteiger partial charge in [-0.2, -0.15) is 9.67 Å². The maximum Gasteiger partial charge on any atom is 0.342 e. The first-order chi connectivity index (χ1) is 17.0. The zero-order valence-electron chi connectivity index (χ0n) is 18.4. The molecule has 11 heteroatoms. The average molecular weight is 617 g/mol. The smallest absolute Gasteiger partial charge is 0.342 e. The second-order valence-corrected chi connectivity index (χ2v) is 9.85. The molecule has 0 saturated heterocycles. The van der Waals surface area contributed by atoms with Crippen molar-refractivity contribution < 1.29 is 19.2 Å². The second-order valence-electron chi connectivity index (χ2n) is 7.14. The van der Waals surface area contributed by atoms with Crippen molar-refractivity contribution >= 4 is 55.7 Å². The summed E-state index contributed by atoms with van der Waals surface area (Å²) >= 11 is 7.79. The van der Waals surface area contributed by atoms with Crippen LogP contribution in [-0.4, -0.2) is 35.2 Å². The summed E-state index contributed by atoms with van der Waals surface area (Å²) in [6, 6.07) is 20.7. The van der Waals surface area contributed by atoms with Gasteiger partial charge in [0.1, 0.15) is 11.4 Å². The lowest BCUT2D eigenvalue weighted by Gasteiger charge is -2.12. The van der Waals surface area contributed by atoms with Gasteiger partial charge in [-0.05, 0) is 65.9 Å². The van der Waals surface area contributed by atoms with Crippen molar-refractivity contribution in [3.8, 4) is 28.6 Å². The molecule has 0 atom stereocenters. The number of carbonyl (C=O) groups excluding carboxylic acids is 1. The largest absolute Gasteiger partial charge is 0.871 e. The summed E-state index contributed by atoms with van der Waals surface area (Å²) in [6.07, 6.45) is 1.32. The second kappa shape index (κ2) is 11.5. The maximum atomic E-state index is 12.4. The van der Waals surface area contributed by atoms with Gasteiger partial charge in [-0.15, -0.1) is 5.10 Å². The van der Waals surface area contributed by atoms with Gasteiger partial charge in [0.25, 0.3) is 11.7 Å². The van der Waals surface area contributed by atoms with E-state index in [2.05, 4.69) is 52.6 Å². The van der Waals surface area contributed by atoms with Crippen LogP contribution in [0.15, 0.2) is 85.9 Å². The number of ether oxygens (including phenoxy) is 1. The normalized spacial score (nSPS) is 11.1. The number of aromatic amines is 1. The highest BCUT2D eigenvalue weighted by Gasteiger charge is 2.24. The number of benzene rings is 3. The van der Waals surface area contributed by atoms with E-state index >= 15 is 0 Å². The Hall–Kier alpha value is -3.15. The number of halogens is 2. The third kappa shape index (κ3) is 6.11. The van der Waals surface area contributed by atoms with Gasteiger partial charge in [-0.25, -0.2) is 5.43 Å². The van der Waals surface area contributed by atoms with E-state index in [1.807, 2.05) is 59.2 Å². The van der Waals surface area contributed by atoms with Gasteiger partial charge in [0.15, 0.2) is 0 Å². The molecule has 0 aliphatic carbocycles. The van der Waals surface area contributed by atoms with E-state index in [0.717, 1.165) is 27.3 Å². The van der Waals surface area contributed by atoms with Crippen molar-refractivity contribution in [1.29, 1.82) is 0 Å². The zero-order valence-corrected chi connectivity index (χ0v) is 22.4. The topological polar surface area (TPSA) is 106 Å². The molecule has 178 valence electrons. The Morgan fingerprint density at radius 3 is 2.66 bits per heavy atom. The number of hydrazone groups is 1. The van der Waals surface area contributed by atoms with Crippen molar-refractivity contribution in [2.75, 3.05) is 12.9 Å². The van der Waals surface area contributed by atoms with Gasteiger partial charge in [-0.3, -0.25) is 4.79 Å². The summed E-state index contributed by atoms with van der Waals surface area (Å²) < 4.78 is 8.35. The number of nitrogens with one attached hydrogen (secondary N) is 2. The van der Waals surface area contributed by atoms with E-state index in [4.69, 9.17) is 4.74 Å². The van der Waals surface area contributed by atoms with Crippen LogP contribution in [0.4, 0.5) is 0 Å². The number of aromatic nitrogens is 3. The Morgan fingerprint density at radius 2 is 1.94 bits per heavy atom. The van der Waals surface area contributed by atoms with Crippen LogP contribution >= 0.6 is 43.6 Å². The Labute approximate surface area is 222 Å². The number of nitrogens with zero attached hydrogens (tertiary/aromatic N) is 3. The van der Waals surface area contributed by atoms with Crippen LogP contribution in [0, 0.1) is 0 Å². The van der Waals surface area contributed by atoms with E-state index in [9.17, 15) is 9.90 Å². The first kappa shape index (κ1) is 25.0. The number of methoxy groups -OCH3 is 1. The summed E-state index contributed by atoms with van der Waals surface area (Å²) in [5, 5.41) is 24.2. The molecule has 0 spiro atoms. The van der Waals surface area contributed by atoms with E-state index in [1.54, 1.807) is 19.2 Å². The lowest BCUT2D eigenvalue weighted by Crippen LogP contribution is -2.34. The Kier molecular flexibility index (Phi) is 8.21. The first-order valence-electron chi connectivity index (χ1n) is 10.3. The number of hydrogen-bond acceptors (Lipinski definition) is 6. The molecule has 1 heterocycles. The lowest BCUT2D eigenvalue weighted by molar-refractivity contribution is -0.625. The molecule has 0 saturated carbocycles. The molecular formula is C24H19Br2N5O3S. The van der Waals surface area contributed by atoms with E-state index in [0.29, 0.717) is 15.2 Å². The Bertz CT molecular complexity index is 1360. The minimum atomic E-state index is -0.335. The maximum absolute atomic E-state index is 12.4. The Balaban J connectivity index is 1.51. The molecule has 4 rings (SSSR count). The molecule has 1 amide bonds. The summed E-state index contributed by atoms with van der Waals surface area (Å²) in [4.78, 5) is 12.4. The number of H-pyrrole nitrogens is 1. The quantitative estimate of drug-likeness (QED) is 0.134. The summed E-state index contributed by atoms with van der Waals surface area (Å²) in [6.45, 7) is 0. The zero-order chi connectivity index (χ0) is 24.8. The molecule has 35 heavy (non-hydrogen) atoms. The lowest BCUT2D eigenvalue weighted by atomic mass is 10.2. The molecule has 0 radical (unpaired) electrons. The van der Waals surface area contributed by atoms with Crippen LogP contribution in [-0.2, 0) is 4.79 Å². The van der Waals surface area contributed by atoms with Crippen molar-refractivity contribution in [1.82, 2.24) is 15.6 Å². The standard InChI is InChI=1S/C24H19Br2N5O3S/c1-34-19-9-7-18(8-10-19)31-23(15-5-3-2-4-6-15)29-30-24(31)35-14-21(32)28-27-13-16-11-17(25)12-20(26)22(16)33/h2-13H,14H2,1H3,(H2,27,28,32,33). The van der Waals surface area contributed by atoms with Gasteiger partial charge in [0, 0.05) is 8.95 Å². The molecule has 0 unspecified atom stereocenters. The SMILES string of the molecule is COc1ccc(-[n+]2c(SCC(=O)NN=Cc3cc(Br)cc(Br)c3[O-])n[nH]c2-c2ccccc2)cc1. The summed E-state index contributed by atoms with van der Waals surface area (Å²) in [5.41, 5.74) is 4.61. The molecule has 1 aromatic heterocycles. The fourth-order valence-corrected chi connectivity index (χ4v) is 5.19. The predicted molar refractivity (Wildman–Crippen MR) is 140 cm³/mol. The van der Waals surface area contributed by atoms with Crippen LogP contribution in [0.3, 0.4) is 0 Å². The third-order valence-corrected chi connectivity index (χ3v) is 6.80. The number of amides is 1. The third-order valence-electron chi connectivity index (χ3n) is 4.81. The highest BCUT2D eigenvalue weighted by molar-refractivity contribution is 9.11. The van der Waals surface area contributed by atoms with Gasteiger partial charge >= 0.3 is 5.16 Å². The fourth-order valence-electron chi connectivity index (χ4n) is 3.17. The molecule has 0 aliphatic heterocycles. The average Bonchev–Trinajstić information content (AvgIpc) is 3.30. The molecule has 0 bridgehead atoms. The monoisotopic (exact) mass is 615 g/mol. The number of hydrogen-bond donors (Lipinski definition) is 2. The minimum Gasteiger partial charge on any atom is -0.871 e. The van der Waals surface area contributed by atoms with Crippen LogP contribution in [0.25, 0.3) is 17.1 Å². The van der Waals surface area contributed by atoms with E-state index in [-0.39, 0.29) is 17.4 Å². The number of carbonyl (C=O) groups is 1. The van der Waals surface area contributed by atoms with Gasteiger partial charge in [-0.1, -0.05) is 55.8 Å². The first-order valence-corrected chi connectivity index (χ1v) is 12.8. The summed E-state index contributed by atoms with van der Waals surface area (Å²) in [7, 11) is 1.62. The van der Waals surface area contributed by atoms with Crippen LogP contribution < -0.4 is 19.8 Å². The van der Waals surface area contributed by atoms with Gasteiger partial charge in [0.05, 0.1) is 29.7 Å². The number of rotatable bonds is 8. The number of thioether (sulfide) groups is 1. The van der Waals surface area contributed by atoms with E-state index < -0.39 is 0 Å². The summed E-state index contributed by atoms with van der Waals surface area (Å²) in [5.74, 6) is 1.03. The molecule has 8 nitrogen and oxygen atoms in total. The van der Waals surface area contributed by atoms with Crippen molar-refractivity contribution in [2.24, 2.45) is 5.10 Å². The minimum absolute atomic E-state index is 0.0684. The van der Waals surface area contributed by atoms with Crippen molar-refractivity contribution in [3.63, 3.8) is 0 Å². The molecule has 3 aromatic carbocycles.